The van der Waals surface area contributed by atoms with Crippen LogP contribution in [0.15, 0.2) is 189 Å². The first-order valence-corrected chi connectivity index (χ1v) is 18.0. The van der Waals surface area contributed by atoms with Crippen molar-refractivity contribution in [2.24, 2.45) is 0 Å². The van der Waals surface area contributed by atoms with E-state index in [1.165, 1.54) is 43.8 Å². The van der Waals surface area contributed by atoms with Gasteiger partial charge in [0.05, 0.1) is 0 Å². The van der Waals surface area contributed by atoms with Gasteiger partial charge < -0.3 is 0 Å². The maximum Gasteiger partial charge on any atom is 0.164 e. The number of hydrogen-bond donors (Lipinski definition) is 0. The molecular formula is C50H33N3. The molecule has 1 aliphatic rings. The third kappa shape index (κ3) is 5.51. The van der Waals surface area contributed by atoms with E-state index in [-0.39, 0.29) is 5.92 Å². The molecule has 0 fully saturated rings. The highest BCUT2D eigenvalue weighted by Crippen LogP contribution is 2.47. The van der Waals surface area contributed by atoms with Crippen LogP contribution in [-0.4, -0.2) is 15.0 Å². The van der Waals surface area contributed by atoms with E-state index in [1.807, 2.05) is 0 Å². The molecule has 9 aromatic rings. The molecule has 10 rings (SSSR count). The molecule has 1 unspecified atom stereocenters. The second-order valence-corrected chi connectivity index (χ2v) is 13.7. The van der Waals surface area contributed by atoms with Gasteiger partial charge in [0.15, 0.2) is 17.5 Å². The van der Waals surface area contributed by atoms with Crippen molar-refractivity contribution in [3.8, 4) is 34.2 Å². The van der Waals surface area contributed by atoms with Crippen LogP contribution >= 0.6 is 0 Å². The van der Waals surface area contributed by atoms with Gasteiger partial charge in [0.1, 0.15) is 0 Å². The quantitative estimate of drug-likeness (QED) is 0.182. The Labute approximate surface area is 308 Å². The van der Waals surface area contributed by atoms with Crippen LogP contribution in [0.3, 0.4) is 0 Å². The van der Waals surface area contributed by atoms with Crippen LogP contribution in [0.1, 0.15) is 28.2 Å². The Morgan fingerprint density at radius 2 is 0.906 bits per heavy atom. The van der Waals surface area contributed by atoms with Crippen LogP contribution in [-0.2, 0) is 0 Å². The van der Waals surface area contributed by atoms with Crippen LogP contribution in [0.2, 0.25) is 0 Å². The van der Waals surface area contributed by atoms with Crippen molar-refractivity contribution in [3.05, 3.63) is 211 Å². The smallest absolute Gasteiger partial charge is 0.164 e. The number of aromatic nitrogens is 3. The normalized spacial score (nSPS) is 14.0. The van der Waals surface area contributed by atoms with Gasteiger partial charge in [-0.2, -0.15) is 0 Å². The summed E-state index contributed by atoms with van der Waals surface area (Å²) in [5.41, 5.74) is 9.87. The Hall–Kier alpha value is -6.97. The number of nitrogens with zero attached hydrogens (tertiary/aromatic N) is 3. The number of fused-ring (bicyclic) bond motifs is 5. The minimum absolute atomic E-state index is 0.0411. The van der Waals surface area contributed by atoms with Crippen molar-refractivity contribution < 1.29 is 0 Å². The standard InChI is InChI=1S/C50H33N3/c1-32-43-27-26-36-16-9-10-21-44(36)47(43)46(35-14-3-2-4-15-35)31-45(32)39-19-11-20-40(30-39)48-51-49(41-24-22-33-12-5-7-17-37(33)28-41)53-50(52-48)42-25-23-34-13-6-8-18-38(34)29-42/h2-31,45H,1H2. The second-order valence-electron chi connectivity index (χ2n) is 13.7. The Morgan fingerprint density at radius 3 is 1.55 bits per heavy atom. The van der Waals surface area contributed by atoms with Crippen molar-refractivity contribution >= 4 is 43.5 Å². The molecule has 1 atom stereocenters. The number of allylic oxidation sites excluding steroid dienone is 2. The zero-order valence-electron chi connectivity index (χ0n) is 28.9. The van der Waals surface area contributed by atoms with E-state index < -0.39 is 0 Å². The molecule has 0 aliphatic heterocycles. The monoisotopic (exact) mass is 675 g/mol. The lowest BCUT2D eigenvalue weighted by atomic mass is 9.75. The summed E-state index contributed by atoms with van der Waals surface area (Å²) in [6.45, 7) is 4.72. The lowest BCUT2D eigenvalue weighted by Gasteiger charge is -2.29. The van der Waals surface area contributed by atoms with Crippen LogP contribution < -0.4 is 0 Å². The summed E-state index contributed by atoms with van der Waals surface area (Å²) in [4.78, 5) is 15.4. The predicted molar refractivity (Wildman–Crippen MR) is 220 cm³/mol. The molecule has 0 radical (unpaired) electrons. The summed E-state index contributed by atoms with van der Waals surface area (Å²) in [5.74, 6) is 1.88. The maximum absolute atomic E-state index is 5.15. The van der Waals surface area contributed by atoms with Gasteiger partial charge >= 0.3 is 0 Å². The number of hydrogen-bond acceptors (Lipinski definition) is 3. The van der Waals surface area contributed by atoms with Crippen LogP contribution in [0.5, 0.6) is 0 Å². The second kappa shape index (κ2) is 12.7. The first-order chi connectivity index (χ1) is 26.2. The summed E-state index contributed by atoms with van der Waals surface area (Å²) in [6, 6.07) is 62.0. The Morgan fingerprint density at radius 1 is 0.396 bits per heavy atom. The highest BCUT2D eigenvalue weighted by Gasteiger charge is 2.27. The van der Waals surface area contributed by atoms with E-state index in [4.69, 9.17) is 21.5 Å². The molecule has 1 aliphatic carbocycles. The van der Waals surface area contributed by atoms with Crippen LogP contribution in [0.25, 0.3) is 77.6 Å². The van der Waals surface area contributed by atoms with E-state index in [2.05, 4.69) is 182 Å². The van der Waals surface area contributed by atoms with E-state index in [9.17, 15) is 0 Å². The minimum Gasteiger partial charge on any atom is -0.208 e. The molecule has 3 heteroatoms. The molecule has 0 N–H and O–H groups in total. The molecule has 1 aromatic heterocycles. The van der Waals surface area contributed by atoms with Gasteiger partial charge in [0, 0.05) is 22.6 Å². The minimum atomic E-state index is -0.0411. The fourth-order valence-electron chi connectivity index (χ4n) is 7.79. The fraction of sp³-hybridized carbons (Fsp3) is 0.0200. The largest absolute Gasteiger partial charge is 0.208 e. The topological polar surface area (TPSA) is 38.7 Å². The van der Waals surface area contributed by atoms with Crippen molar-refractivity contribution in [3.63, 3.8) is 0 Å². The third-order valence-corrected chi connectivity index (χ3v) is 10.5. The molecule has 0 amide bonds. The van der Waals surface area contributed by atoms with E-state index in [0.29, 0.717) is 17.5 Å². The van der Waals surface area contributed by atoms with Crippen LogP contribution in [0.4, 0.5) is 0 Å². The summed E-state index contributed by atoms with van der Waals surface area (Å²) >= 11 is 0. The molecular weight excluding hydrogens is 643 g/mol. The lowest BCUT2D eigenvalue weighted by molar-refractivity contribution is 1.06. The van der Waals surface area contributed by atoms with Crippen molar-refractivity contribution in [2.45, 2.75) is 5.92 Å². The van der Waals surface area contributed by atoms with Gasteiger partial charge in [-0.3, -0.25) is 0 Å². The highest BCUT2D eigenvalue weighted by molar-refractivity contribution is 6.05. The van der Waals surface area contributed by atoms with Gasteiger partial charge in [-0.25, -0.2) is 15.0 Å². The van der Waals surface area contributed by atoms with Gasteiger partial charge in [-0.15, -0.1) is 0 Å². The fourth-order valence-corrected chi connectivity index (χ4v) is 7.79. The van der Waals surface area contributed by atoms with Gasteiger partial charge in [0.25, 0.3) is 0 Å². The van der Waals surface area contributed by atoms with E-state index in [1.54, 1.807) is 0 Å². The number of benzene rings is 8. The first kappa shape index (κ1) is 30.8. The first-order valence-electron chi connectivity index (χ1n) is 18.0. The van der Waals surface area contributed by atoms with E-state index >= 15 is 0 Å². The summed E-state index contributed by atoms with van der Waals surface area (Å²) < 4.78 is 0. The van der Waals surface area contributed by atoms with Gasteiger partial charge in [-0.1, -0.05) is 170 Å². The predicted octanol–water partition coefficient (Wildman–Crippen LogP) is 12.6. The maximum atomic E-state index is 5.15. The zero-order chi connectivity index (χ0) is 35.3. The molecule has 248 valence electrons. The molecule has 3 nitrogen and oxygen atoms in total. The Balaban J connectivity index is 1.13. The van der Waals surface area contributed by atoms with Crippen molar-refractivity contribution in [2.75, 3.05) is 0 Å². The number of rotatable bonds is 5. The summed E-state index contributed by atoms with van der Waals surface area (Å²) in [6.07, 6.45) is 2.39. The molecule has 0 bridgehead atoms. The third-order valence-electron chi connectivity index (χ3n) is 10.5. The molecule has 1 heterocycles. The summed E-state index contributed by atoms with van der Waals surface area (Å²) in [5, 5.41) is 7.11. The highest BCUT2D eigenvalue weighted by atomic mass is 15.0. The molecule has 0 saturated carbocycles. The van der Waals surface area contributed by atoms with E-state index in [0.717, 1.165) is 38.6 Å². The summed E-state index contributed by atoms with van der Waals surface area (Å²) in [7, 11) is 0. The molecule has 0 spiro atoms. The average molecular weight is 676 g/mol. The Kier molecular flexibility index (Phi) is 7.36. The Bertz CT molecular complexity index is 2820. The van der Waals surface area contributed by atoms with Crippen molar-refractivity contribution in [1.82, 2.24) is 15.0 Å². The lowest BCUT2D eigenvalue weighted by Crippen LogP contribution is -2.09. The zero-order valence-corrected chi connectivity index (χ0v) is 28.9. The van der Waals surface area contributed by atoms with Crippen molar-refractivity contribution in [1.29, 1.82) is 0 Å². The van der Waals surface area contributed by atoms with Gasteiger partial charge in [-0.05, 0) is 83.9 Å². The van der Waals surface area contributed by atoms with Crippen LogP contribution in [0, 0.1) is 0 Å². The van der Waals surface area contributed by atoms with Gasteiger partial charge in [0.2, 0.25) is 0 Å². The molecule has 53 heavy (non-hydrogen) atoms. The molecule has 8 aromatic carbocycles. The SMILES string of the molecule is C=C1c2ccc3ccccc3c2C(c2ccccc2)=CC1c1cccc(-c2nc(-c3ccc4ccccc4c3)nc(-c3ccc4ccccc4c3)n2)c1. The molecule has 0 saturated heterocycles. The average Bonchev–Trinajstić information content (AvgIpc) is 3.23.